The van der Waals surface area contributed by atoms with Crippen LogP contribution in [-0.2, 0) is 11.3 Å². The number of carboxylic acids is 1. The van der Waals surface area contributed by atoms with Crippen LogP contribution in [0.25, 0.3) is 0 Å². The lowest BCUT2D eigenvalue weighted by Crippen LogP contribution is -2.10. The van der Waals surface area contributed by atoms with Gasteiger partial charge in [-0.15, -0.1) is 5.10 Å². The van der Waals surface area contributed by atoms with Gasteiger partial charge in [0.2, 0.25) is 5.95 Å². The van der Waals surface area contributed by atoms with Crippen LogP contribution in [0.15, 0.2) is 4.73 Å². The number of hydrogen-bond donors (Lipinski definition) is 2. The summed E-state index contributed by atoms with van der Waals surface area (Å²) in [4.78, 5) is 13.8. The van der Waals surface area contributed by atoms with Crippen LogP contribution >= 0.6 is 15.9 Å². The van der Waals surface area contributed by atoms with E-state index in [1.54, 1.807) is 0 Å². The first kappa shape index (κ1) is 7.99. The van der Waals surface area contributed by atoms with Gasteiger partial charge in [0.1, 0.15) is 6.54 Å². The van der Waals surface area contributed by atoms with E-state index in [9.17, 15) is 4.79 Å². The molecule has 0 radical (unpaired) electrons. The molecule has 0 aliphatic heterocycles. The van der Waals surface area contributed by atoms with Gasteiger partial charge in [-0.1, -0.05) is 0 Å². The molecular weight excluding hydrogens is 216 g/mol. The summed E-state index contributed by atoms with van der Waals surface area (Å²) in [6.45, 7) is -0.245. The second-order valence-corrected chi connectivity index (χ2v) is 2.50. The Labute approximate surface area is 70.2 Å². The molecule has 0 bridgehead atoms. The van der Waals surface area contributed by atoms with Gasteiger partial charge in [-0.2, -0.15) is 4.98 Å². The van der Waals surface area contributed by atoms with Crippen molar-refractivity contribution in [1.29, 1.82) is 0 Å². The first-order valence-electron chi connectivity index (χ1n) is 2.67. The molecule has 7 heteroatoms. The minimum atomic E-state index is -0.990. The monoisotopic (exact) mass is 220 g/mol. The highest BCUT2D eigenvalue weighted by Crippen LogP contribution is 2.06. The highest BCUT2D eigenvalue weighted by molar-refractivity contribution is 9.10. The van der Waals surface area contributed by atoms with Gasteiger partial charge in [0, 0.05) is 0 Å². The average molecular weight is 221 g/mol. The van der Waals surface area contributed by atoms with Crippen LogP contribution in [0, 0.1) is 0 Å². The lowest BCUT2D eigenvalue weighted by Gasteiger charge is -1.93. The number of nitrogens with two attached hydrogens (primary N) is 1. The Hall–Kier alpha value is -1.11. The second kappa shape index (κ2) is 2.87. The van der Waals surface area contributed by atoms with Crippen molar-refractivity contribution in [1.82, 2.24) is 14.8 Å². The van der Waals surface area contributed by atoms with E-state index in [1.165, 1.54) is 0 Å². The Kier molecular flexibility index (Phi) is 2.08. The van der Waals surface area contributed by atoms with Gasteiger partial charge in [0.05, 0.1) is 0 Å². The van der Waals surface area contributed by atoms with Gasteiger partial charge in [0.15, 0.2) is 4.73 Å². The molecule has 6 nitrogen and oxygen atoms in total. The zero-order chi connectivity index (χ0) is 8.43. The van der Waals surface area contributed by atoms with Gasteiger partial charge in [-0.25, -0.2) is 4.68 Å². The van der Waals surface area contributed by atoms with E-state index in [1.807, 2.05) is 0 Å². The maximum absolute atomic E-state index is 10.2. The van der Waals surface area contributed by atoms with Crippen molar-refractivity contribution >= 4 is 27.8 Å². The number of carboxylic acid groups (broad SMARTS) is 1. The molecule has 0 fully saturated rings. The van der Waals surface area contributed by atoms with Crippen LogP contribution in [0.2, 0.25) is 0 Å². The van der Waals surface area contributed by atoms with Crippen molar-refractivity contribution in [3.63, 3.8) is 0 Å². The summed E-state index contributed by atoms with van der Waals surface area (Å²) in [6, 6.07) is 0. The Morgan fingerprint density at radius 3 is 2.82 bits per heavy atom. The Morgan fingerprint density at radius 2 is 2.45 bits per heavy atom. The first-order chi connectivity index (χ1) is 5.09. The van der Waals surface area contributed by atoms with E-state index < -0.39 is 5.97 Å². The molecule has 0 saturated carbocycles. The number of anilines is 1. The van der Waals surface area contributed by atoms with Gasteiger partial charge >= 0.3 is 5.97 Å². The van der Waals surface area contributed by atoms with Crippen molar-refractivity contribution in [3.8, 4) is 0 Å². The zero-order valence-electron chi connectivity index (χ0n) is 5.36. The van der Waals surface area contributed by atoms with Gasteiger partial charge in [0.25, 0.3) is 0 Å². The van der Waals surface area contributed by atoms with E-state index in [0.717, 1.165) is 4.68 Å². The van der Waals surface area contributed by atoms with Crippen LogP contribution in [0.4, 0.5) is 5.95 Å². The Morgan fingerprint density at radius 1 is 1.82 bits per heavy atom. The molecule has 1 rings (SSSR count). The highest BCUT2D eigenvalue weighted by atomic mass is 79.9. The summed E-state index contributed by atoms with van der Waals surface area (Å²) >= 11 is 2.99. The molecular formula is C4H5BrN4O2. The predicted molar refractivity (Wildman–Crippen MR) is 39.8 cm³/mol. The van der Waals surface area contributed by atoms with Crippen molar-refractivity contribution in [2.45, 2.75) is 6.54 Å². The van der Waals surface area contributed by atoms with E-state index >= 15 is 0 Å². The van der Waals surface area contributed by atoms with Crippen molar-refractivity contribution in [2.24, 2.45) is 0 Å². The number of carbonyl (C=O) groups is 1. The molecule has 0 spiro atoms. The lowest BCUT2D eigenvalue weighted by atomic mass is 10.7. The molecule has 3 N–H and O–H groups in total. The van der Waals surface area contributed by atoms with Crippen LogP contribution in [-0.4, -0.2) is 25.8 Å². The molecule has 11 heavy (non-hydrogen) atoms. The predicted octanol–water partition coefficient (Wildman–Crippen LogP) is -0.293. The van der Waals surface area contributed by atoms with Crippen molar-refractivity contribution < 1.29 is 9.90 Å². The third-order valence-corrected chi connectivity index (χ3v) is 1.51. The zero-order valence-corrected chi connectivity index (χ0v) is 6.95. The molecule has 0 amide bonds. The quantitative estimate of drug-likeness (QED) is 0.715. The number of halogens is 1. The summed E-state index contributed by atoms with van der Waals surface area (Å²) in [5, 5.41) is 12.0. The number of hydrogen-bond acceptors (Lipinski definition) is 4. The minimum absolute atomic E-state index is 0.0538. The van der Waals surface area contributed by atoms with E-state index in [2.05, 4.69) is 26.0 Å². The summed E-state index contributed by atoms with van der Waals surface area (Å²) in [7, 11) is 0. The highest BCUT2D eigenvalue weighted by Gasteiger charge is 2.06. The molecule has 0 atom stereocenters. The molecule has 0 saturated heterocycles. The average Bonchev–Trinajstić information content (AvgIpc) is 2.09. The van der Waals surface area contributed by atoms with Crippen LogP contribution in [0.5, 0.6) is 0 Å². The van der Waals surface area contributed by atoms with E-state index in [0.29, 0.717) is 4.73 Å². The molecule has 0 aliphatic carbocycles. The number of aliphatic carboxylic acids is 1. The standard InChI is InChI=1S/C4H5BrN4O2/c5-3-7-4(6)8-9(3)1-2(10)11/h1H2,(H2,6,8)(H,10,11). The smallest absolute Gasteiger partial charge is 0.325 e. The molecule has 1 aromatic heterocycles. The van der Waals surface area contributed by atoms with Crippen LogP contribution in [0.1, 0.15) is 0 Å². The van der Waals surface area contributed by atoms with Crippen LogP contribution in [0.3, 0.4) is 0 Å². The largest absolute Gasteiger partial charge is 0.480 e. The van der Waals surface area contributed by atoms with Gasteiger partial charge < -0.3 is 10.8 Å². The molecule has 60 valence electrons. The van der Waals surface area contributed by atoms with Crippen LogP contribution < -0.4 is 5.73 Å². The number of nitrogen functional groups attached to an aromatic ring is 1. The number of nitrogens with zero attached hydrogens (tertiary/aromatic N) is 3. The van der Waals surface area contributed by atoms with Gasteiger partial charge in [-0.3, -0.25) is 4.79 Å². The number of aromatic nitrogens is 3. The molecule has 0 aromatic carbocycles. The molecule has 1 aromatic rings. The molecule has 1 heterocycles. The van der Waals surface area contributed by atoms with Crippen molar-refractivity contribution in [3.05, 3.63) is 4.73 Å². The fourth-order valence-corrected chi connectivity index (χ4v) is 0.955. The molecule has 0 unspecified atom stereocenters. The van der Waals surface area contributed by atoms with E-state index in [-0.39, 0.29) is 12.5 Å². The van der Waals surface area contributed by atoms with Crippen molar-refractivity contribution in [2.75, 3.05) is 5.73 Å². The topological polar surface area (TPSA) is 94.0 Å². The fraction of sp³-hybridized carbons (Fsp3) is 0.250. The third kappa shape index (κ3) is 1.90. The van der Waals surface area contributed by atoms with Gasteiger partial charge in [-0.05, 0) is 15.9 Å². The SMILES string of the molecule is Nc1nc(Br)n(CC(=O)O)n1. The summed E-state index contributed by atoms with van der Waals surface area (Å²) < 4.78 is 1.47. The lowest BCUT2D eigenvalue weighted by molar-refractivity contribution is -0.137. The fourth-order valence-electron chi connectivity index (χ4n) is 0.568. The first-order valence-corrected chi connectivity index (χ1v) is 3.46. The van der Waals surface area contributed by atoms with E-state index in [4.69, 9.17) is 10.8 Å². The maximum Gasteiger partial charge on any atom is 0.325 e. The number of rotatable bonds is 2. The molecule has 0 aliphatic rings. The second-order valence-electron chi connectivity index (χ2n) is 1.79. The summed E-state index contributed by atoms with van der Waals surface area (Å²) in [6.07, 6.45) is 0. The summed E-state index contributed by atoms with van der Waals surface area (Å²) in [5.41, 5.74) is 5.19. The normalized spacial score (nSPS) is 9.91. The summed E-state index contributed by atoms with van der Waals surface area (Å²) in [5.74, 6) is -0.936. The Balaban J connectivity index is 2.85. The maximum atomic E-state index is 10.2. The minimum Gasteiger partial charge on any atom is -0.480 e. The Bertz CT molecular complexity index is 284. The third-order valence-electron chi connectivity index (χ3n) is 0.928.